The van der Waals surface area contributed by atoms with Gasteiger partial charge in [0.1, 0.15) is 5.78 Å². The van der Waals surface area contributed by atoms with Crippen molar-refractivity contribution in [2.75, 3.05) is 6.26 Å². The Morgan fingerprint density at radius 1 is 1.25 bits per heavy atom. The summed E-state index contributed by atoms with van der Waals surface area (Å²) in [5.74, 6) is 0.980. The van der Waals surface area contributed by atoms with Gasteiger partial charge in [-0.15, -0.1) is 11.8 Å². The number of Topliss-reactive ketones (excluding diaryl/α,β-unsaturated/α-hetero) is 1. The van der Waals surface area contributed by atoms with E-state index in [0.29, 0.717) is 11.7 Å². The van der Waals surface area contributed by atoms with E-state index in [-0.39, 0.29) is 12.2 Å². The van der Waals surface area contributed by atoms with Gasteiger partial charge < -0.3 is 4.52 Å². The third-order valence-corrected chi connectivity index (χ3v) is 3.71. The number of benzene rings is 1. The number of nitrogens with zero attached hydrogens (tertiary/aromatic N) is 2. The Morgan fingerprint density at radius 2 is 1.90 bits per heavy atom. The van der Waals surface area contributed by atoms with E-state index >= 15 is 0 Å². The molecular formula is C15H18N2O2S. The highest BCUT2D eigenvalue weighted by atomic mass is 32.2. The number of carbonyl (C=O) groups excluding carboxylic acids is 1. The maximum absolute atomic E-state index is 11.9. The number of ketones is 1. The van der Waals surface area contributed by atoms with Gasteiger partial charge in [-0.2, -0.15) is 4.98 Å². The Labute approximate surface area is 123 Å². The second-order valence-corrected chi connectivity index (χ2v) is 6.47. The highest BCUT2D eigenvalue weighted by Crippen LogP contribution is 2.22. The van der Waals surface area contributed by atoms with Gasteiger partial charge in [0.15, 0.2) is 0 Å². The molecule has 0 aliphatic carbocycles. The van der Waals surface area contributed by atoms with E-state index in [1.165, 1.54) is 4.90 Å². The molecular weight excluding hydrogens is 272 g/mol. The van der Waals surface area contributed by atoms with Gasteiger partial charge in [0.2, 0.25) is 11.7 Å². The number of hydrogen-bond donors (Lipinski definition) is 0. The van der Waals surface area contributed by atoms with Crippen molar-refractivity contribution in [3.63, 3.8) is 0 Å². The lowest BCUT2D eigenvalue weighted by Crippen LogP contribution is -2.22. The molecule has 0 unspecified atom stereocenters. The van der Waals surface area contributed by atoms with Crippen molar-refractivity contribution in [3.8, 4) is 11.4 Å². The second kappa shape index (κ2) is 5.79. The predicted octanol–water partition coefficient (Wildman–Crippen LogP) is 3.62. The molecule has 0 bridgehead atoms. The van der Waals surface area contributed by atoms with Gasteiger partial charge in [-0.1, -0.05) is 25.9 Å². The molecule has 2 aromatic rings. The lowest BCUT2D eigenvalue weighted by molar-refractivity contribution is -0.125. The number of carbonyl (C=O) groups is 1. The van der Waals surface area contributed by atoms with E-state index in [1.54, 1.807) is 11.8 Å². The van der Waals surface area contributed by atoms with Crippen molar-refractivity contribution < 1.29 is 9.32 Å². The van der Waals surface area contributed by atoms with Crippen LogP contribution in [0, 0.1) is 5.41 Å². The summed E-state index contributed by atoms with van der Waals surface area (Å²) in [6.07, 6.45) is 2.21. The van der Waals surface area contributed by atoms with Crippen LogP contribution in [0.25, 0.3) is 11.4 Å². The predicted molar refractivity (Wildman–Crippen MR) is 79.7 cm³/mol. The van der Waals surface area contributed by atoms with Crippen LogP contribution in [0.1, 0.15) is 26.7 Å². The fraction of sp³-hybridized carbons (Fsp3) is 0.400. The molecule has 0 N–H and O–H groups in total. The van der Waals surface area contributed by atoms with Gasteiger partial charge >= 0.3 is 0 Å². The Kier molecular flexibility index (Phi) is 4.28. The molecule has 0 saturated carbocycles. The first-order valence-electron chi connectivity index (χ1n) is 6.40. The van der Waals surface area contributed by atoms with E-state index in [4.69, 9.17) is 4.52 Å². The Balaban J connectivity index is 2.14. The summed E-state index contributed by atoms with van der Waals surface area (Å²) in [7, 11) is 0. The van der Waals surface area contributed by atoms with Gasteiger partial charge in [-0.05, 0) is 30.5 Å². The fourth-order valence-corrected chi connectivity index (χ4v) is 1.99. The van der Waals surface area contributed by atoms with E-state index in [1.807, 2.05) is 51.3 Å². The molecule has 20 heavy (non-hydrogen) atoms. The molecule has 106 valence electrons. The Hall–Kier alpha value is -1.62. The monoisotopic (exact) mass is 290 g/mol. The molecule has 1 aromatic heterocycles. The van der Waals surface area contributed by atoms with Crippen LogP contribution in [0.4, 0.5) is 0 Å². The molecule has 1 aromatic carbocycles. The van der Waals surface area contributed by atoms with E-state index in [0.717, 1.165) is 5.56 Å². The quantitative estimate of drug-likeness (QED) is 0.805. The molecule has 4 nitrogen and oxygen atoms in total. The Bertz CT molecular complexity index is 597. The zero-order chi connectivity index (χ0) is 14.8. The highest BCUT2D eigenvalue weighted by Gasteiger charge is 2.23. The summed E-state index contributed by atoms with van der Waals surface area (Å²) in [5.41, 5.74) is 0.496. The first-order chi connectivity index (χ1) is 9.40. The fourth-order valence-electron chi connectivity index (χ4n) is 1.59. The molecule has 1 heterocycles. The van der Waals surface area contributed by atoms with Crippen LogP contribution in [0.2, 0.25) is 0 Å². The minimum absolute atomic E-state index is 0.0884. The molecule has 0 aliphatic rings. The summed E-state index contributed by atoms with van der Waals surface area (Å²) < 4.78 is 5.15. The summed E-state index contributed by atoms with van der Waals surface area (Å²) in [6.45, 7) is 5.65. The van der Waals surface area contributed by atoms with Gasteiger partial charge in [0, 0.05) is 15.9 Å². The van der Waals surface area contributed by atoms with Gasteiger partial charge in [0.25, 0.3) is 0 Å². The molecule has 0 atom stereocenters. The van der Waals surface area contributed by atoms with Crippen LogP contribution in [-0.2, 0) is 11.2 Å². The minimum atomic E-state index is -0.394. The van der Waals surface area contributed by atoms with Crippen LogP contribution in [0.5, 0.6) is 0 Å². The van der Waals surface area contributed by atoms with Gasteiger partial charge in [0.05, 0.1) is 6.42 Å². The van der Waals surface area contributed by atoms with E-state index < -0.39 is 5.41 Å². The van der Waals surface area contributed by atoms with Crippen LogP contribution in [-0.4, -0.2) is 22.2 Å². The summed E-state index contributed by atoms with van der Waals surface area (Å²) in [4.78, 5) is 17.4. The summed E-state index contributed by atoms with van der Waals surface area (Å²) in [6, 6.07) is 7.92. The zero-order valence-corrected chi connectivity index (χ0v) is 13.0. The lowest BCUT2D eigenvalue weighted by Gasteiger charge is -2.14. The molecule has 0 saturated heterocycles. The van der Waals surface area contributed by atoms with Crippen molar-refractivity contribution >= 4 is 17.5 Å². The normalized spacial score (nSPS) is 11.6. The molecule has 0 amide bonds. The zero-order valence-electron chi connectivity index (χ0n) is 12.1. The third kappa shape index (κ3) is 3.48. The maximum Gasteiger partial charge on any atom is 0.234 e. The molecule has 0 spiro atoms. The molecule has 2 rings (SSSR count). The van der Waals surface area contributed by atoms with Gasteiger partial charge in [-0.3, -0.25) is 4.79 Å². The van der Waals surface area contributed by atoms with Crippen LogP contribution < -0.4 is 0 Å². The lowest BCUT2D eigenvalue weighted by atomic mass is 9.89. The van der Waals surface area contributed by atoms with E-state index in [2.05, 4.69) is 10.1 Å². The van der Waals surface area contributed by atoms with Crippen molar-refractivity contribution in [3.05, 3.63) is 30.2 Å². The van der Waals surface area contributed by atoms with Crippen molar-refractivity contribution in [2.45, 2.75) is 32.1 Å². The number of hydrogen-bond acceptors (Lipinski definition) is 5. The first kappa shape index (κ1) is 14.8. The Morgan fingerprint density at radius 3 is 2.45 bits per heavy atom. The van der Waals surface area contributed by atoms with E-state index in [9.17, 15) is 4.79 Å². The molecule has 5 heteroatoms. The van der Waals surface area contributed by atoms with Crippen LogP contribution in [0.3, 0.4) is 0 Å². The van der Waals surface area contributed by atoms with Crippen LogP contribution >= 0.6 is 11.8 Å². The minimum Gasteiger partial charge on any atom is -0.339 e. The highest BCUT2D eigenvalue weighted by molar-refractivity contribution is 7.98. The number of aromatic nitrogens is 2. The first-order valence-corrected chi connectivity index (χ1v) is 7.63. The largest absolute Gasteiger partial charge is 0.339 e. The topological polar surface area (TPSA) is 56.0 Å². The number of thioether (sulfide) groups is 1. The number of rotatable bonds is 4. The summed E-state index contributed by atoms with van der Waals surface area (Å²) in [5, 5.41) is 3.93. The standard InChI is InChI=1S/C15H18N2O2S/c1-15(2,3)12(18)9-13-16-14(17-19-13)10-5-7-11(20-4)8-6-10/h5-8H,9H2,1-4H3. The van der Waals surface area contributed by atoms with Crippen molar-refractivity contribution in [1.29, 1.82) is 0 Å². The van der Waals surface area contributed by atoms with Gasteiger partial charge in [-0.25, -0.2) is 0 Å². The molecule has 0 fully saturated rings. The average molecular weight is 290 g/mol. The van der Waals surface area contributed by atoms with Crippen molar-refractivity contribution in [2.24, 2.45) is 5.41 Å². The molecule has 0 radical (unpaired) electrons. The van der Waals surface area contributed by atoms with Crippen LogP contribution in [0.15, 0.2) is 33.7 Å². The van der Waals surface area contributed by atoms with Crippen molar-refractivity contribution in [1.82, 2.24) is 10.1 Å². The summed E-state index contributed by atoms with van der Waals surface area (Å²) >= 11 is 1.68. The SMILES string of the molecule is CSc1ccc(-c2noc(CC(=O)C(C)(C)C)n2)cc1. The average Bonchev–Trinajstić information content (AvgIpc) is 2.86. The smallest absolute Gasteiger partial charge is 0.234 e. The second-order valence-electron chi connectivity index (χ2n) is 5.59. The maximum atomic E-state index is 11.9. The third-order valence-electron chi connectivity index (χ3n) is 2.96. The molecule has 0 aliphatic heterocycles.